The molecule has 1 aromatic rings. The van der Waals surface area contributed by atoms with Crippen molar-refractivity contribution < 1.29 is 18.9 Å². The van der Waals surface area contributed by atoms with Gasteiger partial charge in [0.25, 0.3) is 0 Å². The molecule has 1 aliphatic rings. The Labute approximate surface area is 119 Å². The zero-order valence-corrected chi connectivity index (χ0v) is 12.0. The molecular weight excluding hydrogens is 278 g/mol. The summed E-state index contributed by atoms with van der Waals surface area (Å²) < 4.78 is 12.0. The minimum atomic E-state index is -1.27. The van der Waals surface area contributed by atoms with Crippen LogP contribution in [-0.2, 0) is 26.8 Å². The molecule has 0 spiro atoms. The summed E-state index contributed by atoms with van der Waals surface area (Å²) >= 11 is 0. The van der Waals surface area contributed by atoms with E-state index in [1.807, 2.05) is 24.3 Å². The molecule has 2 N–H and O–H groups in total. The third-order valence-electron chi connectivity index (χ3n) is 3.38. The molecule has 2 unspecified atom stereocenters. The van der Waals surface area contributed by atoms with E-state index in [4.69, 9.17) is 5.11 Å². The Balaban J connectivity index is 1.90. The molecule has 20 heavy (non-hydrogen) atoms. The number of carboxylic acids is 1. The Bertz CT molecular complexity index is 558. The highest BCUT2D eigenvalue weighted by Gasteiger charge is 2.29. The molecule has 1 aliphatic carbocycles. The molecule has 0 fully saturated rings. The average molecular weight is 295 g/mol. The van der Waals surface area contributed by atoms with Crippen LogP contribution >= 0.6 is 0 Å². The van der Waals surface area contributed by atoms with Crippen molar-refractivity contribution in [1.82, 2.24) is 5.32 Å². The number of rotatable bonds is 6. The van der Waals surface area contributed by atoms with Gasteiger partial charge in [-0.1, -0.05) is 24.3 Å². The molecule has 0 saturated carbocycles. The van der Waals surface area contributed by atoms with Crippen LogP contribution in [0.1, 0.15) is 24.0 Å². The number of amides is 1. The van der Waals surface area contributed by atoms with Gasteiger partial charge in [-0.2, -0.15) is 0 Å². The molecule has 108 valence electrons. The van der Waals surface area contributed by atoms with Crippen LogP contribution in [0.2, 0.25) is 0 Å². The second-order valence-electron chi connectivity index (χ2n) is 4.96. The van der Waals surface area contributed by atoms with Gasteiger partial charge in [-0.25, -0.2) is 4.79 Å². The lowest BCUT2D eigenvalue weighted by molar-refractivity contribution is -0.140. The van der Waals surface area contributed by atoms with Gasteiger partial charge in [0.05, 0.1) is 5.75 Å². The fourth-order valence-electron chi connectivity index (χ4n) is 2.41. The van der Waals surface area contributed by atoms with E-state index in [0.717, 1.165) is 6.42 Å². The van der Waals surface area contributed by atoms with Gasteiger partial charge in [0.15, 0.2) is 0 Å². The van der Waals surface area contributed by atoms with E-state index in [0.29, 0.717) is 5.75 Å². The molecule has 0 aromatic heterocycles. The summed E-state index contributed by atoms with van der Waals surface area (Å²) in [6, 6.07) is 6.91. The van der Waals surface area contributed by atoms with Crippen molar-refractivity contribution in [2.45, 2.75) is 25.3 Å². The van der Waals surface area contributed by atoms with Crippen LogP contribution in [0.4, 0.5) is 0 Å². The Kier molecular flexibility index (Phi) is 4.54. The van der Waals surface area contributed by atoms with Crippen molar-refractivity contribution in [3.63, 3.8) is 0 Å². The lowest BCUT2D eigenvalue weighted by atomic mass is 9.79. The monoisotopic (exact) mass is 295 g/mol. The zero-order valence-electron chi connectivity index (χ0n) is 11.2. The number of nitrogens with one attached hydrogen (secondary N) is 1. The minimum Gasteiger partial charge on any atom is -0.480 e. The maximum Gasteiger partial charge on any atom is 0.327 e. The van der Waals surface area contributed by atoms with Crippen LogP contribution in [-0.4, -0.2) is 38.7 Å². The van der Waals surface area contributed by atoms with Crippen LogP contribution in [0.5, 0.6) is 0 Å². The molecule has 0 aliphatic heterocycles. The zero-order chi connectivity index (χ0) is 14.7. The van der Waals surface area contributed by atoms with Crippen LogP contribution < -0.4 is 5.32 Å². The topological polar surface area (TPSA) is 83.5 Å². The second kappa shape index (κ2) is 6.17. The molecule has 0 bridgehead atoms. The van der Waals surface area contributed by atoms with Crippen molar-refractivity contribution in [1.29, 1.82) is 0 Å². The highest BCUT2D eigenvalue weighted by atomic mass is 32.2. The van der Waals surface area contributed by atoms with Gasteiger partial charge in [0.2, 0.25) is 5.91 Å². The van der Waals surface area contributed by atoms with E-state index >= 15 is 0 Å². The first kappa shape index (κ1) is 14.7. The van der Waals surface area contributed by atoms with Crippen LogP contribution in [0.3, 0.4) is 0 Å². The summed E-state index contributed by atoms with van der Waals surface area (Å²) in [7, 11) is -1.27. The molecule has 3 atom stereocenters. The van der Waals surface area contributed by atoms with Crippen LogP contribution in [0, 0.1) is 0 Å². The predicted molar refractivity (Wildman–Crippen MR) is 76.0 cm³/mol. The normalized spacial score (nSPS) is 19.4. The number of carbonyl (C=O) groups is 2. The highest BCUT2D eigenvalue weighted by Crippen LogP contribution is 2.35. The maximum absolute atomic E-state index is 12.0. The molecule has 5 nitrogen and oxygen atoms in total. The molecule has 6 heteroatoms. The maximum atomic E-state index is 12.0. The third kappa shape index (κ3) is 3.45. The Morgan fingerprint density at radius 3 is 2.75 bits per heavy atom. The number of carbonyl (C=O) groups excluding carboxylic acids is 1. The lowest BCUT2D eigenvalue weighted by Gasteiger charge is -2.29. The van der Waals surface area contributed by atoms with Crippen LogP contribution in [0.25, 0.3) is 0 Å². The van der Waals surface area contributed by atoms with Gasteiger partial charge in [-0.15, -0.1) is 0 Å². The molecule has 2 rings (SSSR count). The number of hydrogen-bond acceptors (Lipinski definition) is 3. The SMILES string of the molecule is CC(=O)N[C@@H](CS(=O)CC1Cc2ccccc21)C(=O)O. The largest absolute Gasteiger partial charge is 0.480 e. The van der Waals surface area contributed by atoms with Crippen molar-refractivity contribution in [2.75, 3.05) is 11.5 Å². The summed E-state index contributed by atoms with van der Waals surface area (Å²) in [5, 5.41) is 11.3. The first-order chi connectivity index (χ1) is 9.47. The highest BCUT2D eigenvalue weighted by molar-refractivity contribution is 7.85. The first-order valence-electron chi connectivity index (χ1n) is 6.40. The Morgan fingerprint density at radius 1 is 1.45 bits per heavy atom. The van der Waals surface area contributed by atoms with Crippen molar-refractivity contribution in [3.8, 4) is 0 Å². The first-order valence-corrected chi connectivity index (χ1v) is 7.89. The van der Waals surface area contributed by atoms with Crippen molar-refractivity contribution >= 4 is 22.7 Å². The smallest absolute Gasteiger partial charge is 0.327 e. The quantitative estimate of drug-likeness (QED) is 0.808. The molecule has 0 saturated heterocycles. The summed E-state index contributed by atoms with van der Waals surface area (Å²) in [4.78, 5) is 21.9. The van der Waals surface area contributed by atoms with Gasteiger partial charge < -0.3 is 10.4 Å². The van der Waals surface area contributed by atoms with Crippen molar-refractivity contribution in [3.05, 3.63) is 35.4 Å². The minimum absolute atomic E-state index is 0.0480. The standard InChI is InChI=1S/C14H17NO4S/c1-9(16)15-13(14(17)18)8-20(19)7-11-6-10-4-2-3-5-12(10)11/h2-5,11,13H,6-8H2,1H3,(H,15,16)(H,17,18)/t11?,13-,20?/m0/s1. The molecule has 0 radical (unpaired) electrons. The Hall–Kier alpha value is -1.69. The average Bonchev–Trinajstić information content (AvgIpc) is 2.34. The molecule has 1 amide bonds. The molecule has 1 aromatic carbocycles. The van der Waals surface area contributed by atoms with Gasteiger partial charge in [0.1, 0.15) is 6.04 Å². The van der Waals surface area contributed by atoms with Gasteiger partial charge in [0, 0.05) is 23.5 Å². The lowest BCUT2D eigenvalue weighted by Crippen LogP contribution is -2.44. The summed E-state index contributed by atoms with van der Waals surface area (Å²) in [6.45, 7) is 1.25. The van der Waals surface area contributed by atoms with Gasteiger partial charge in [-0.05, 0) is 23.5 Å². The van der Waals surface area contributed by atoms with Gasteiger partial charge >= 0.3 is 5.97 Å². The van der Waals surface area contributed by atoms with E-state index in [9.17, 15) is 13.8 Å². The second-order valence-corrected chi connectivity index (χ2v) is 6.51. The number of fused-ring (bicyclic) bond motifs is 1. The van der Waals surface area contributed by atoms with Gasteiger partial charge in [-0.3, -0.25) is 9.00 Å². The molecular formula is C14H17NO4S. The predicted octanol–water partition coefficient (Wildman–Crippen LogP) is 0.664. The van der Waals surface area contributed by atoms with Crippen LogP contribution in [0.15, 0.2) is 24.3 Å². The van der Waals surface area contributed by atoms with E-state index in [1.165, 1.54) is 18.1 Å². The fourth-order valence-corrected chi connectivity index (χ4v) is 3.89. The number of hydrogen-bond donors (Lipinski definition) is 2. The van der Waals surface area contributed by atoms with E-state index in [1.54, 1.807) is 0 Å². The Morgan fingerprint density at radius 2 is 2.15 bits per heavy atom. The summed E-state index contributed by atoms with van der Waals surface area (Å²) in [5.74, 6) is -0.946. The number of carboxylic acid groups (broad SMARTS) is 1. The number of aliphatic carboxylic acids is 1. The molecule has 0 heterocycles. The summed E-state index contributed by atoms with van der Waals surface area (Å²) in [6.07, 6.45) is 0.889. The van der Waals surface area contributed by atoms with E-state index in [2.05, 4.69) is 5.32 Å². The third-order valence-corrected chi connectivity index (χ3v) is 4.86. The fraction of sp³-hybridized carbons (Fsp3) is 0.429. The van der Waals surface area contributed by atoms with E-state index in [-0.39, 0.29) is 11.7 Å². The van der Waals surface area contributed by atoms with Crippen molar-refractivity contribution in [2.24, 2.45) is 0 Å². The summed E-state index contributed by atoms with van der Waals surface area (Å²) in [5.41, 5.74) is 2.47. The van der Waals surface area contributed by atoms with E-state index < -0.39 is 28.7 Å². The number of benzene rings is 1.